The molecule has 0 unspecified atom stereocenters. The maximum absolute atomic E-state index is 14.3. The van der Waals surface area contributed by atoms with E-state index in [4.69, 9.17) is 0 Å². The van der Waals surface area contributed by atoms with Crippen molar-refractivity contribution in [2.45, 2.75) is 13.3 Å². The van der Waals surface area contributed by atoms with Gasteiger partial charge in [0.1, 0.15) is 11.3 Å². The van der Waals surface area contributed by atoms with Crippen LogP contribution in [0, 0.1) is 12.9 Å². The Kier molecular flexibility index (Phi) is 5.03. The summed E-state index contributed by atoms with van der Waals surface area (Å²) in [7, 11) is 2.61. The van der Waals surface area contributed by atoms with Crippen molar-refractivity contribution in [2.24, 2.45) is 7.05 Å². The molecule has 4 nitrogen and oxygen atoms in total. The summed E-state index contributed by atoms with van der Waals surface area (Å²) in [5, 5.41) is 3.45. The lowest BCUT2D eigenvalue weighted by atomic mass is 9.98. The second-order valence-electron chi connectivity index (χ2n) is 6.17. The van der Waals surface area contributed by atoms with E-state index in [1.807, 2.05) is 43.3 Å². The fourth-order valence-electron chi connectivity index (χ4n) is 3.02. The Labute approximate surface area is 154 Å². The van der Waals surface area contributed by atoms with E-state index < -0.39 is 29.5 Å². The fraction of sp³-hybridized carbons (Fsp3) is 0.200. The minimum absolute atomic E-state index is 0.486. The molecule has 3 aromatic rings. The molecule has 0 saturated carbocycles. The third-order valence-electron chi connectivity index (χ3n) is 4.43. The van der Waals surface area contributed by atoms with Crippen molar-refractivity contribution in [1.29, 1.82) is 0 Å². The number of carbonyl (C=O) groups is 1. The van der Waals surface area contributed by atoms with Gasteiger partial charge in [0.15, 0.2) is 0 Å². The second-order valence-corrected chi connectivity index (χ2v) is 6.17. The minimum Gasteiger partial charge on any atom is -0.311 e. The summed E-state index contributed by atoms with van der Waals surface area (Å²) in [5.74, 6) is -1.97. The van der Waals surface area contributed by atoms with Gasteiger partial charge in [0.05, 0.1) is 5.69 Å². The molecule has 27 heavy (non-hydrogen) atoms. The molecule has 1 heterocycles. The smallest absolute Gasteiger partial charge is 0.283 e. The highest BCUT2D eigenvalue weighted by atomic mass is 19.3. The van der Waals surface area contributed by atoms with Crippen LogP contribution in [0.3, 0.4) is 0 Å². The van der Waals surface area contributed by atoms with E-state index in [2.05, 4.69) is 5.10 Å². The lowest BCUT2D eigenvalue weighted by molar-refractivity contribution is 0.0973. The van der Waals surface area contributed by atoms with Crippen molar-refractivity contribution >= 4 is 11.6 Å². The molecule has 0 aliphatic heterocycles. The lowest BCUT2D eigenvalue weighted by Gasteiger charge is -2.21. The van der Waals surface area contributed by atoms with Gasteiger partial charge in [0, 0.05) is 19.7 Å². The molecular formula is C20H18F3N3O. The van der Waals surface area contributed by atoms with E-state index >= 15 is 0 Å². The molecule has 140 valence electrons. The number of aryl methyl sites for hydroxylation is 2. The van der Waals surface area contributed by atoms with Crippen LogP contribution in [-0.4, -0.2) is 22.7 Å². The predicted octanol–water partition coefficient (Wildman–Crippen LogP) is 4.75. The van der Waals surface area contributed by atoms with Crippen LogP contribution in [0.4, 0.5) is 18.9 Å². The Balaban J connectivity index is 2.10. The molecule has 0 aliphatic carbocycles. The van der Waals surface area contributed by atoms with Gasteiger partial charge in [-0.1, -0.05) is 42.5 Å². The normalized spacial score (nSPS) is 11.1. The molecule has 0 bridgehead atoms. The number of amides is 1. The van der Waals surface area contributed by atoms with Gasteiger partial charge in [0.25, 0.3) is 12.3 Å². The number of hydrogen-bond donors (Lipinski definition) is 0. The van der Waals surface area contributed by atoms with E-state index in [0.717, 1.165) is 16.7 Å². The van der Waals surface area contributed by atoms with E-state index in [1.165, 1.54) is 19.0 Å². The number of para-hydroxylation sites is 1. The molecule has 3 rings (SSSR count). The van der Waals surface area contributed by atoms with Crippen LogP contribution in [-0.2, 0) is 7.05 Å². The molecule has 1 amide bonds. The van der Waals surface area contributed by atoms with E-state index in [1.54, 1.807) is 12.1 Å². The van der Waals surface area contributed by atoms with Crippen molar-refractivity contribution in [3.63, 3.8) is 0 Å². The third kappa shape index (κ3) is 3.32. The largest absolute Gasteiger partial charge is 0.311 e. The quantitative estimate of drug-likeness (QED) is 0.662. The lowest BCUT2D eigenvalue weighted by Crippen LogP contribution is -2.28. The number of rotatable bonds is 4. The Morgan fingerprint density at radius 2 is 1.67 bits per heavy atom. The van der Waals surface area contributed by atoms with Crippen molar-refractivity contribution in [3.05, 3.63) is 71.3 Å². The van der Waals surface area contributed by atoms with Gasteiger partial charge in [-0.2, -0.15) is 9.49 Å². The van der Waals surface area contributed by atoms with Crippen LogP contribution in [0.5, 0.6) is 0 Å². The highest BCUT2D eigenvalue weighted by Crippen LogP contribution is 2.34. The first-order valence-electron chi connectivity index (χ1n) is 8.26. The molecule has 0 saturated heterocycles. The highest BCUT2D eigenvalue weighted by Gasteiger charge is 2.31. The first kappa shape index (κ1) is 18.7. The van der Waals surface area contributed by atoms with Crippen LogP contribution in [0.25, 0.3) is 11.1 Å². The highest BCUT2D eigenvalue weighted by molar-refractivity contribution is 6.08. The van der Waals surface area contributed by atoms with Gasteiger partial charge in [-0.3, -0.25) is 4.79 Å². The first-order chi connectivity index (χ1) is 12.8. The van der Waals surface area contributed by atoms with Gasteiger partial charge in [0.2, 0.25) is 5.95 Å². The molecule has 0 radical (unpaired) electrons. The van der Waals surface area contributed by atoms with Gasteiger partial charge in [-0.05, 0) is 24.1 Å². The fourth-order valence-corrected chi connectivity index (χ4v) is 3.02. The number of alkyl halides is 2. The first-order valence-corrected chi connectivity index (χ1v) is 8.26. The van der Waals surface area contributed by atoms with Crippen LogP contribution in [0.1, 0.15) is 28.0 Å². The van der Waals surface area contributed by atoms with Gasteiger partial charge < -0.3 is 4.90 Å². The number of nitrogens with zero attached hydrogens (tertiary/aromatic N) is 3. The summed E-state index contributed by atoms with van der Waals surface area (Å²) in [6.45, 7) is 1.93. The van der Waals surface area contributed by atoms with Crippen molar-refractivity contribution in [3.8, 4) is 11.1 Å². The van der Waals surface area contributed by atoms with E-state index in [0.29, 0.717) is 10.4 Å². The average Bonchev–Trinajstić information content (AvgIpc) is 2.96. The number of hydrogen-bond acceptors (Lipinski definition) is 2. The number of anilines is 1. The number of benzene rings is 2. The summed E-state index contributed by atoms with van der Waals surface area (Å²) in [6.07, 6.45) is -3.06. The Morgan fingerprint density at radius 3 is 2.30 bits per heavy atom. The molecule has 0 aliphatic rings. The number of halogens is 3. The number of aromatic nitrogens is 2. The molecule has 1 aromatic heterocycles. The molecule has 0 fully saturated rings. The molecule has 0 N–H and O–H groups in total. The van der Waals surface area contributed by atoms with E-state index in [9.17, 15) is 18.0 Å². The average molecular weight is 373 g/mol. The zero-order chi connectivity index (χ0) is 19.7. The molecule has 0 spiro atoms. The second kappa shape index (κ2) is 7.26. The molecule has 7 heteroatoms. The van der Waals surface area contributed by atoms with Crippen LogP contribution >= 0.6 is 0 Å². The Morgan fingerprint density at radius 1 is 1.07 bits per heavy atom. The molecule has 0 atom stereocenters. The van der Waals surface area contributed by atoms with Crippen molar-refractivity contribution in [1.82, 2.24) is 9.78 Å². The molecule has 2 aromatic carbocycles. The minimum atomic E-state index is -3.06. The maximum Gasteiger partial charge on any atom is 0.283 e. The third-order valence-corrected chi connectivity index (χ3v) is 4.43. The zero-order valence-electron chi connectivity index (χ0n) is 15.1. The maximum atomic E-state index is 14.3. The van der Waals surface area contributed by atoms with Crippen molar-refractivity contribution in [2.75, 3.05) is 11.9 Å². The Hall–Kier alpha value is -3.09. The summed E-state index contributed by atoms with van der Waals surface area (Å²) in [6, 6.07) is 14.7. The van der Waals surface area contributed by atoms with Gasteiger partial charge in [-0.15, -0.1) is 0 Å². The summed E-state index contributed by atoms with van der Waals surface area (Å²) in [4.78, 5) is 14.0. The summed E-state index contributed by atoms with van der Waals surface area (Å²) < 4.78 is 41.4. The van der Waals surface area contributed by atoms with Crippen LogP contribution in [0.15, 0.2) is 48.5 Å². The zero-order valence-corrected chi connectivity index (χ0v) is 15.1. The van der Waals surface area contributed by atoms with E-state index in [-0.39, 0.29) is 0 Å². The monoisotopic (exact) mass is 373 g/mol. The number of carbonyl (C=O) groups excluding carboxylic acids is 1. The van der Waals surface area contributed by atoms with Crippen LogP contribution in [0.2, 0.25) is 0 Å². The standard InChI is InChI=1S/C20H18F3N3O/c1-12-8-4-5-9-13(12)14-10-6-7-11-15(14)25(2)20(27)16-17(18(21)22)24-26(3)19(16)23/h4-11,18H,1-3H3. The summed E-state index contributed by atoms with van der Waals surface area (Å²) >= 11 is 0. The SMILES string of the molecule is Cc1ccccc1-c1ccccc1N(C)C(=O)c1c(C(F)F)nn(C)c1F. The predicted molar refractivity (Wildman–Crippen MR) is 97.5 cm³/mol. The topological polar surface area (TPSA) is 38.1 Å². The van der Waals surface area contributed by atoms with Gasteiger partial charge >= 0.3 is 0 Å². The van der Waals surface area contributed by atoms with Crippen LogP contribution < -0.4 is 4.90 Å². The Bertz CT molecular complexity index is 998. The summed E-state index contributed by atoms with van der Waals surface area (Å²) in [5.41, 5.74) is 1.55. The van der Waals surface area contributed by atoms with Crippen molar-refractivity contribution < 1.29 is 18.0 Å². The molecular weight excluding hydrogens is 355 g/mol. The van der Waals surface area contributed by atoms with Gasteiger partial charge in [-0.25, -0.2) is 13.5 Å².